The lowest BCUT2D eigenvalue weighted by Crippen LogP contribution is -2.15. The third kappa shape index (κ3) is 7.20. The summed E-state index contributed by atoms with van der Waals surface area (Å²) >= 11 is 0. The van der Waals surface area contributed by atoms with E-state index >= 15 is 0 Å². The summed E-state index contributed by atoms with van der Waals surface area (Å²) in [6.07, 6.45) is 0. The average Bonchev–Trinajstić information content (AvgIpc) is 2.88. The molecule has 0 amide bonds. The zero-order chi connectivity index (χ0) is 28.2. The van der Waals surface area contributed by atoms with Crippen LogP contribution in [0, 0.1) is 6.92 Å². The Morgan fingerprint density at radius 3 is 1.97 bits per heavy atom. The number of nitrogens with two attached hydrogens (primary N) is 1. The van der Waals surface area contributed by atoms with Crippen LogP contribution in [-0.2, 0) is 24.4 Å². The van der Waals surface area contributed by atoms with Gasteiger partial charge in [0.1, 0.15) is 5.69 Å². The van der Waals surface area contributed by atoms with E-state index in [0.717, 1.165) is 5.56 Å². The average molecular weight is 570 g/mol. The molecular formula is C25H23N5O7S2. The molecule has 0 saturated heterocycles. The molecule has 12 nitrogen and oxygen atoms in total. The van der Waals surface area contributed by atoms with Crippen molar-refractivity contribution in [3.05, 3.63) is 78.4 Å². The molecule has 0 aliphatic carbocycles. The van der Waals surface area contributed by atoms with Gasteiger partial charge in [-0.2, -0.15) is 18.6 Å². The molecule has 0 unspecified atom stereocenters. The molecule has 0 aliphatic rings. The van der Waals surface area contributed by atoms with Gasteiger partial charge in [-0.3, -0.25) is 4.55 Å². The van der Waals surface area contributed by atoms with Crippen molar-refractivity contribution in [2.24, 2.45) is 20.5 Å². The molecule has 4 rings (SSSR count). The normalized spacial score (nSPS) is 12.6. The summed E-state index contributed by atoms with van der Waals surface area (Å²) in [5.74, 6) is -0.763. The lowest BCUT2D eigenvalue weighted by molar-refractivity contribution is 0.284. The van der Waals surface area contributed by atoms with Crippen LogP contribution in [0.4, 0.5) is 28.4 Å². The number of rotatable bonds is 9. The van der Waals surface area contributed by atoms with Crippen LogP contribution < -0.4 is 5.73 Å². The number of hydrogen-bond donors (Lipinski definition) is 3. The molecule has 4 aromatic carbocycles. The molecule has 0 aromatic heterocycles. The van der Waals surface area contributed by atoms with Gasteiger partial charge in [0.15, 0.2) is 15.6 Å². The highest BCUT2D eigenvalue weighted by molar-refractivity contribution is 7.91. The van der Waals surface area contributed by atoms with E-state index < -0.39 is 32.6 Å². The SMILES string of the molecule is Cc1ccc(N=Nc2cc(N=Nc3ccc(S(=O)(=O)CCOS(=O)(=O)O)cc3)c3cc(N)ccc3c2O)cc1. The number of hydrogen-bond acceptors (Lipinski definition) is 11. The Labute approximate surface area is 224 Å². The Bertz CT molecular complexity index is 1790. The third-order valence-electron chi connectivity index (χ3n) is 5.45. The summed E-state index contributed by atoms with van der Waals surface area (Å²) < 4.78 is 58.7. The van der Waals surface area contributed by atoms with E-state index in [9.17, 15) is 21.9 Å². The molecular weight excluding hydrogens is 546 g/mol. The van der Waals surface area contributed by atoms with Crippen molar-refractivity contribution in [3.63, 3.8) is 0 Å². The van der Waals surface area contributed by atoms with Crippen molar-refractivity contribution in [1.82, 2.24) is 0 Å². The predicted molar refractivity (Wildman–Crippen MR) is 146 cm³/mol. The summed E-state index contributed by atoms with van der Waals surface area (Å²) in [6.45, 7) is 1.22. The van der Waals surface area contributed by atoms with Gasteiger partial charge in [-0.1, -0.05) is 17.7 Å². The number of anilines is 1. The summed E-state index contributed by atoms with van der Waals surface area (Å²) in [5, 5.41) is 28.6. The first-order valence-electron chi connectivity index (χ1n) is 11.3. The maximum atomic E-state index is 12.4. The van der Waals surface area contributed by atoms with E-state index in [2.05, 4.69) is 24.6 Å². The number of phenolic OH excluding ortho intramolecular Hbond substituents is 1. The highest BCUT2D eigenvalue weighted by Gasteiger charge is 2.17. The van der Waals surface area contributed by atoms with Gasteiger partial charge in [0, 0.05) is 16.5 Å². The monoisotopic (exact) mass is 569 g/mol. The van der Waals surface area contributed by atoms with E-state index in [1.807, 2.05) is 19.1 Å². The number of aryl methyl sites for hydroxylation is 1. The molecule has 0 saturated carbocycles. The van der Waals surface area contributed by atoms with Crippen LogP contribution in [0.25, 0.3) is 10.8 Å². The van der Waals surface area contributed by atoms with Crippen molar-refractivity contribution in [2.45, 2.75) is 11.8 Å². The van der Waals surface area contributed by atoms with Crippen LogP contribution in [0.1, 0.15) is 5.56 Å². The van der Waals surface area contributed by atoms with Crippen molar-refractivity contribution in [3.8, 4) is 5.75 Å². The van der Waals surface area contributed by atoms with Crippen LogP contribution in [0.2, 0.25) is 0 Å². The molecule has 0 bridgehead atoms. The Hall–Kier alpha value is -4.24. The van der Waals surface area contributed by atoms with Crippen molar-refractivity contribution >= 4 is 59.4 Å². The first kappa shape index (κ1) is 27.8. The second-order valence-electron chi connectivity index (χ2n) is 8.37. The molecule has 14 heteroatoms. The van der Waals surface area contributed by atoms with E-state index in [-0.39, 0.29) is 16.3 Å². The summed E-state index contributed by atoms with van der Waals surface area (Å²) in [6, 6.07) is 19.2. The van der Waals surface area contributed by atoms with Crippen molar-refractivity contribution in [1.29, 1.82) is 0 Å². The number of azo groups is 2. The third-order valence-corrected chi connectivity index (χ3v) is 7.61. The molecule has 0 atom stereocenters. The second-order valence-corrected chi connectivity index (χ2v) is 11.6. The topological polar surface area (TPSA) is 193 Å². The number of fused-ring (bicyclic) bond motifs is 1. The van der Waals surface area contributed by atoms with E-state index in [0.29, 0.717) is 33.5 Å². The van der Waals surface area contributed by atoms with Crippen molar-refractivity contribution in [2.75, 3.05) is 18.1 Å². The highest BCUT2D eigenvalue weighted by atomic mass is 32.3. The largest absolute Gasteiger partial charge is 0.505 e. The van der Waals surface area contributed by atoms with E-state index in [1.165, 1.54) is 30.3 Å². The molecule has 0 aliphatic heterocycles. The minimum Gasteiger partial charge on any atom is -0.505 e. The van der Waals surface area contributed by atoms with Gasteiger partial charge in [0.2, 0.25) is 0 Å². The summed E-state index contributed by atoms with van der Waals surface area (Å²) in [7, 11) is -8.62. The van der Waals surface area contributed by atoms with Crippen LogP contribution in [0.3, 0.4) is 0 Å². The van der Waals surface area contributed by atoms with Crippen LogP contribution in [0.5, 0.6) is 5.75 Å². The zero-order valence-electron chi connectivity index (χ0n) is 20.5. The first-order chi connectivity index (χ1) is 18.4. The number of aromatic hydroxyl groups is 1. The summed E-state index contributed by atoms with van der Waals surface area (Å²) in [4.78, 5) is -0.0953. The van der Waals surface area contributed by atoms with Crippen LogP contribution in [0.15, 0.2) is 98.1 Å². The van der Waals surface area contributed by atoms with Gasteiger partial charge in [0.25, 0.3) is 0 Å². The first-order valence-corrected chi connectivity index (χ1v) is 14.3. The number of phenols is 1. The minimum absolute atomic E-state index is 0.0953. The Balaban J connectivity index is 1.62. The predicted octanol–water partition coefficient (Wildman–Crippen LogP) is 5.86. The molecule has 0 spiro atoms. The molecule has 202 valence electrons. The fourth-order valence-corrected chi connectivity index (χ4v) is 4.96. The minimum atomic E-state index is -4.74. The Morgan fingerprint density at radius 1 is 0.769 bits per heavy atom. The number of sulfone groups is 1. The number of nitrogens with zero attached hydrogens (tertiary/aromatic N) is 4. The lowest BCUT2D eigenvalue weighted by atomic mass is 10.1. The lowest BCUT2D eigenvalue weighted by Gasteiger charge is -2.08. The van der Waals surface area contributed by atoms with E-state index in [4.69, 9.17) is 10.3 Å². The van der Waals surface area contributed by atoms with Gasteiger partial charge >= 0.3 is 10.4 Å². The number of benzene rings is 4. The van der Waals surface area contributed by atoms with Crippen molar-refractivity contribution < 1.29 is 30.7 Å². The van der Waals surface area contributed by atoms with Gasteiger partial charge < -0.3 is 10.8 Å². The Kier molecular flexibility index (Phi) is 8.01. The highest BCUT2D eigenvalue weighted by Crippen LogP contribution is 2.42. The van der Waals surface area contributed by atoms with Gasteiger partial charge in [-0.05, 0) is 67.6 Å². The molecule has 4 N–H and O–H groups in total. The fourth-order valence-electron chi connectivity index (χ4n) is 3.47. The Morgan fingerprint density at radius 2 is 1.36 bits per heavy atom. The maximum absolute atomic E-state index is 12.4. The van der Waals surface area contributed by atoms with E-state index in [1.54, 1.807) is 30.3 Å². The van der Waals surface area contributed by atoms with Gasteiger partial charge in [-0.15, -0.1) is 10.2 Å². The van der Waals surface area contributed by atoms with Gasteiger partial charge in [0.05, 0.1) is 34.3 Å². The molecule has 0 radical (unpaired) electrons. The fraction of sp³-hybridized carbons (Fsp3) is 0.120. The second kappa shape index (κ2) is 11.2. The number of nitrogen functional groups attached to an aromatic ring is 1. The zero-order valence-corrected chi connectivity index (χ0v) is 22.1. The smallest absolute Gasteiger partial charge is 0.397 e. The molecule has 0 fully saturated rings. The van der Waals surface area contributed by atoms with Crippen LogP contribution >= 0.6 is 0 Å². The van der Waals surface area contributed by atoms with Crippen LogP contribution in [-0.4, -0.2) is 38.9 Å². The quantitative estimate of drug-likeness (QED) is 0.127. The van der Waals surface area contributed by atoms with Gasteiger partial charge in [-0.25, -0.2) is 12.6 Å². The summed E-state index contributed by atoms with van der Waals surface area (Å²) in [5.41, 5.74) is 8.87. The maximum Gasteiger partial charge on any atom is 0.397 e. The molecule has 4 aromatic rings. The standard InChI is InChI=1S/C25H23N5O7S2/c1-16-2-5-18(6-3-16)28-30-24-15-23(22-14-17(26)4-11-21(22)25(24)31)29-27-19-7-9-20(10-8-19)38(32,33)13-12-37-39(34,35)36/h2-11,14-15,31H,12-13,26H2,1H3,(H,34,35,36). The molecule has 39 heavy (non-hydrogen) atoms. The molecule has 0 heterocycles.